The molecule has 1 unspecified atom stereocenters. The van der Waals surface area contributed by atoms with Gasteiger partial charge in [0.25, 0.3) is 0 Å². The van der Waals surface area contributed by atoms with Crippen molar-refractivity contribution < 1.29 is 9.53 Å². The van der Waals surface area contributed by atoms with E-state index in [0.29, 0.717) is 16.9 Å². The van der Waals surface area contributed by atoms with E-state index < -0.39 is 11.7 Å². The number of aryl methyl sites for hydroxylation is 1. The first kappa shape index (κ1) is 16.0. The molecule has 1 amide bonds. The average molecular weight is 345 g/mol. The van der Waals surface area contributed by atoms with Crippen molar-refractivity contribution in [3.8, 4) is 0 Å². The third-order valence-corrected chi connectivity index (χ3v) is 5.75. The molecule has 0 heterocycles. The Morgan fingerprint density at radius 2 is 2.11 bits per heavy atom. The molecule has 1 aromatic rings. The van der Waals surface area contributed by atoms with Gasteiger partial charge in [-0.15, -0.1) is 0 Å². The second kappa shape index (κ2) is 5.96. The zero-order chi connectivity index (χ0) is 14.8. The topological polar surface area (TPSA) is 64.3 Å². The zero-order valence-electron chi connectivity index (χ0n) is 12.0. The van der Waals surface area contributed by atoms with Crippen LogP contribution in [0, 0.1) is 6.92 Å². The molecule has 0 radical (unpaired) electrons. The number of benzene rings is 1. The van der Waals surface area contributed by atoms with Gasteiger partial charge in [0.2, 0.25) is 0 Å². The van der Waals surface area contributed by atoms with Crippen molar-refractivity contribution in [3.63, 3.8) is 0 Å². The van der Waals surface area contributed by atoms with Crippen LogP contribution in [-0.4, -0.2) is 21.9 Å². The van der Waals surface area contributed by atoms with Gasteiger partial charge in [0, 0.05) is 26.1 Å². The molecule has 0 bridgehead atoms. The van der Waals surface area contributed by atoms with E-state index in [0.717, 1.165) is 20.3 Å². The van der Waals surface area contributed by atoms with E-state index in [-0.39, 0.29) is 0 Å². The van der Waals surface area contributed by atoms with Crippen molar-refractivity contribution in [2.24, 2.45) is 0 Å². The van der Waals surface area contributed by atoms with E-state index in [1.54, 1.807) is 6.07 Å². The normalized spacial score (nSPS) is 13.1. The first-order valence-corrected chi connectivity index (χ1v) is 8.14. The summed E-state index contributed by atoms with van der Waals surface area (Å²) in [7, 11) is 0.970. The van der Waals surface area contributed by atoms with Crippen LogP contribution in [0.2, 0.25) is 5.54 Å². The fraction of sp³-hybridized carbons (Fsp3) is 0.462. The second-order valence-corrected chi connectivity index (χ2v) is 7.99. The summed E-state index contributed by atoms with van der Waals surface area (Å²) in [6, 6.07) is 3.55. The zero-order valence-corrected chi connectivity index (χ0v) is 15.6. The molecule has 0 spiro atoms. The second-order valence-electron chi connectivity index (χ2n) is 5.47. The third-order valence-electron chi connectivity index (χ3n) is 3.28. The average Bonchev–Trinajstić information content (AvgIpc) is 2.24. The van der Waals surface area contributed by atoms with Crippen molar-refractivity contribution in [1.29, 1.82) is 0 Å². The first-order valence-electron chi connectivity index (χ1n) is 6.19. The minimum atomic E-state index is -0.452. The number of rotatable bonds is 3. The minimum absolute atomic E-state index is 0.370. The Morgan fingerprint density at radius 1 is 1.53 bits per heavy atom. The lowest BCUT2D eigenvalue weighted by atomic mass is 10.1. The summed E-state index contributed by atoms with van der Waals surface area (Å²) in [5.41, 5.74) is 7.95. The fourth-order valence-electron chi connectivity index (χ4n) is 1.37. The SMILES string of the molecule is Cc1cc(NC(=O)OC(C)(C)C(C)[SiH3])cc(N)c1Br. The number of hydrogen-bond donors (Lipinski definition) is 2. The molecule has 1 rings (SSSR count). The van der Waals surface area contributed by atoms with Gasteiger partial charge in [0.05, 0.1) is 0 Å². The van der Waals surface area contributed by atoms with Gasteiger partial charge >= 0.3 is 6.09 Å². The van der Waals surface area contributed by atoms with Crippen molar-refractivity contribution >= 4 is 43.6 Å². The van der Waals surface area contributed by atoms with Gasteiger partial charge < -0.3 is 10.5 Å². The molecule has 3 N–H and O–H groups in total. The predicted octanol–water partition coefficient (Wildman–Crippen LogP) is 2.84. The monoisotopic (exact) mass is 344 g/mol. The van der Waals surface area contributed by atoms with Crippen LogP contribution in [-0.2, 0) is 4.74 Å². The molecule has 0 fully saturated rings. The standard InChI is InChI=1S/C13H21BrN2O2Si/c1-7-5-9(6-10(15)11(7)14)16-12(17)18-13(3,4)8(2)19/h5-6,8H,15H2,1-4,19H3,(H,16,17). The molecule has 0 aliphatic carbocycles. The fourth-order valence-corrected chi connectivity index (χ4v) is 1.72. The van der Waals surface area contributed by atoms with E-state index in [4.69, 9.17) is 10.5 Å². The molecule has 6 heteroatoms. The third kappa shape index (κ3) is 4.24. The number of halogens is 1. The Balaban J connectivity index is 2.78. The van der Waals surface area contributed by atoms with Gasteiger partial charge in [-0.2, -0.15) is 0 Å². The number of anilines is 2. The van der Waals surface area contributed by atoms with Crippen molar-refractivity contribution in [2.45, 2.75) is 38.8 Å². The highest BCUT2D eigenvalue weighted by molar-refractivity contribution is 9.10. The van der Waals surface area contributed by atoms with Crippen LogP contribution in [0.1, 0.15) is 26.3 Å². The number of carbonyl (C=O) groups excluding carboxylic acids is 1. The number of nitrogens with one attached hydrogen (secondary N) is 1. The lowest BCUT2D eigenvalue weighted by Crippen LogP contribution is -2.34. The van der Waals surface area contributed by atoms with Gasteiger partial charge in [0.15, 0.2) is 0 Å². The van der Waals surface area contributed by atoms with E-state index in [1.165, 1.54) is 0 Å². The number of amides is 1. The van der Waals surface area contributed by atoms with Crippen LogP contribution in [0.25, 0.3) is 0 Å². The highest BCUT2D eigenvalue weighted by Gasteiger charge is 2.26. The van der Waals surface area contributed by atoms with Gasteiger partial charge in [-0.25, -0.2) is 4.79 Å². The van der Waals surface area contributed by atoms with Gasteiger partial charge in [-0.1, -0.05) is 6.92 Å². The number of carbonyl (C=O) groups is 1. The number of nitrogen functional groups attached to an aromatic ring is 1. The highest BCUT2D eigenvalue weighted by Crippen LogP contribution is 2.28. The van der Waals surface area contributed by atoms with Gasteiger partial charge in [-0.3, -0.25) is 5.32 Å². The maximum Gasteiger partial charge on any atom is 0.412 e. The summed E-state index contributed by atoms with van der Waals surface area (Å²) in [4.78, 5) is 11.9. The Hall–Kier alpha value is -1.01. The maximum atomic E-state index is 11.9. The molecule has 19 heavy (non-hydrogen) atoms. The largest absolute Gasteiger partial charge is 0.443 e. The Kier molecular flexibility index (Phi) is 5.03. The molecule has 0 aliphatic heterocycles. The Morgan fingerprint density at radius 3 is 2.58 bits per heavy atom. The lowest BCUT2D eigenvalue weighted by Gasteiger charge is -2.29. The molecule has 0 saturated carbocycles. The molecule has 4 nitrogen and oxygen atoms in total. The van der Waals surface area contributed by atoms with E-state index in [2.05, 4.69) is 28.2 Å². The summed E-state index contributed by atoms with van der Waals surface area (Å²) in [5.74, 6) is 0. The summed E-state index contributed by atoms with van der Waals surface area (Å²) >= 11 is 3.38. The van der Waals surface area contributed by atoms with Crippen LogP contribution >= 0.6 is 15.9 Å². The maximum absolute atomic E-state index is 11.9. The molecule has 0 saturated heterocycles. The van der Waals surface area contributed by atoms with E-state index in [9.17, 15) is 4.79 Å². The van der Waals surface area contributed by atoms with Gasteiger partial charge in [0.1, 0.15) is 5.60 Å². The summed E-state index contributed by atoms with van der Waals surface area (Å²) in [6.45, 7) is 7.83. The molecule has 1 aromatic carbocycles. The molecule has 0 aromatic heterocycles. The van der Waals surface area contributed by atoms with Crippen molar-refractivity contribution in [1.82, 2.24) is 0 Å². The molecular formula is C13H21BrN2O2Si. The molecule has 106 valence electrons. The first-order chi connectivity index (χ1) is 8.63. The Labute approximate surface area is 125 Å². The Bertz CT molecular complexity index is 467. The lowest BCUT2D eigenvalue weighted by molar-refractivity contribution is 0.0469. The smallest absolute Gasteiger partial charge is 0.412 e. The quantitative estimate of drug-likeness (QED) is 0.654. The van der Waals surface area contributed by atoms with Crippen LogP contribution in [0.3, 0.4) is 0 Å². The van der Waals surface area contributed by atoms with E-state index in [1.807, 2.05) is 26.8 Å². The van der Waals surface area contributed by atoms with Crippen LogP contribution < -0.4 is 11.1 Å². The highest BCUT2D eigenvalue weighted by atomic mass is 79.9. The summed E-state index contributed by atoms with van der Waals surface area (Å²) in [6.07, 6.45) is -0.450. The summed E-state index contributed by atoms with van der Waals surface area (Å²) in [5, 5.41) is 2.72. The minimum Gasteiger partial charge on any atom is -0.443 e. The van der Waals surface area contributed by atoms with Crippen molar-refractivity contribution in [3.05, 3.63) is 22.2 Å². The van der Waals surface area contributed by atoms with Crippen molar-refractivity contribution in [2.75, 3.05) is 11.1 Å². The van der Waals surface area contributed by atoms with Crippen LogP contribution in [0.4, 0.5) is 16.2 Å². The van der Waals surface area contributed by atoms with E-state index >= 15 is 0 Å². The molecule has 0 aliphatic rings. The number of ether oxygens (including phenoxy) is 1. The van der Waals surface area contributed by atoms with Crippen LogP contribution in [0.5, 0.6) is 0 Å². The summed E-state index contributed by atoms with van der Waals surface area (Å²) < 4.78 is 6.29. The van der Waals surface area contributed by atoms with Crippen LogP contribution in [0.15, 0.2) is 16.6 Å². The molecule has 1 atom stereocenters. The molecular weight excluding hydrogens is 324 g/mol. The predicted molar refractivity (Wildman–Crippen MR) is 86.8 cm³/mol. The number of hydrogen-bond acceptors (Lipinski definition) is 3. The van der Waals surface area contributed by atoms with Gasteiger partial charge in [-0.05, 0) is 59.9 Å². The number of nitrogens with two attached hydrogens (primary N) is 1.